The fraction of sp³-hybridized carbons (Fsp3) is 0.211. The van der Waals surface area contributed by atoms with E-state index in [2.05, 4.69) is 34.3 Å². The Morgan fingerprint density at radius 1 is 1.25 bits per heavy atom. The molecule has 0 fully saturated rings. The van der Waals surface area contributed by atoms with E-state index in [0.717, 1.165) is 22.3 Å². The summed E-state index contributed by atoms with van der Waals surface area (Å²) >= 11 is 6.10. The lowest BCUT2D eigenvalue weighted by Gasteiger charge is -2.24. The SMILES string of the molecule is NCC(=O)NC1c2ccccc2CC1n1ccc2cc(Cl)ccc21. The fourth-order valence-corrected chi connectivity index (χ4v) is 3.84. The third-order valence-corrected chi connectivity index (χ3v) is 4.98. The average Bonchev–Trinajstić information content (AvgIpc) is 3.15. The van der Waals surface area contributed by atoms with Gasteiger partial charge in [-0.1, -0.05) is 35.9 Å². The minimum absolute atomic E-state index is 0.00653. The van der Waals surface area contributed by atoms with Crippen molar-refractivity contribution in [3.63, 3.8) is 0 Å². The van der Waals surface area contributed by atoms with Gasteiger partial charge in [-0.2, -0.15) is 0 Å². The number of aromatic nitrogens is 1. The number of benzene rings is 2. The summed E-state index contributed by atoms with van der Waals surface area (Å²) in [5.74, 6) is -0.138. The topological polar surface area (TPSA) is 60.1 Å². The van der Waals surface area contributed by atoms with Crippen LogP contribution in [0.15, 0.2) is 54.7 Å². The van der Waals surface area contributed by atoms with Crippen LogP contribution < -0.4 is 11.1 Å². The zero-order valence-electron chi connectivity index (χ0n) is 13.1. The molecule has 0 spiro atoms. The number of fused-ring (bicyclic) bond motifs is 2. The molecule has 5 heteroatoms. The van der Waals surface area contributed by atoms with Crippen molar-refractivity contribution in [3.05, 3.63) is 70.9 Å². The Bertz CT molecular complexity index is 918. The van der Waals surface area contributed by atoms with Crippen LogP contribution in [-0.2, 0) is 11.2 Å². The molecule has 0 aliphatic heterocycles. The molecule has 0 radical (unpaired) electrons. The summed E-state index contributed by atoms with van der Waals surface area (Å²) in [5.41, 5.74) is 9.05. The molecule has 24 heavy (non-hydrogen) atoms. The first-order valence-electron chi connectivity index (χ1n) is 8.00. The van der Waals surface area contributed by atoms with E-state index in [9.17, 15) is 4.79 Å². The highest BCUT2D eigenvalue weighted by molar-refractivity contribution is 6.31. The summed E-state index contributed by atoms with van der Waals surface area (Å²) in [7, 11) is 0. The maximum Gasteiger partial charge on any atom is 0.234 e. The first kappa shape index (κ1) is 15.2. The molecule has 2 unspecified atom stereocenters. The van der Waals surface area contributed by atoms with E-state index >= 15 is 0 Å². The van der Waals surface area contributed by atoms with Gasteiger partial charge in [0, 0.05) is 22.1 Å². The molecule has 1 heterocycles. The van der Waals surface area contributed by atoms with Gasteiger partial charge in [-0.25, -0.2) is 0 Å². The van der Waals surface area contributed by atoms with E-state index in [1.54, 1.807) is 0 Å². The molecular weight excluding hydrogens is 322 g/mol. The van der Waals surface area contributed by atoms with Gasteiger partial charge in [0.25, 0.3) is 0 Å². The molecule has 1 aliphatic rings. The van der Waals surface area contributed by atoms with Crippen LogP contribution in [0.5, 0.6) is 0 Å². The monoisotopic (exact) mass is 339 g/mol. The lowest BCUT2D eigenvalue weighted by atomic mass is 10.1. The summed E-state index contributed by atoms with van der Waals surface area (Å²) in [6.07, 6.45) is 2.94. The molecule has 3 N–H and O–H groups in total. The molecule has 3 aromatic rings. The van der Waals surface area contributed by atoms with Crippen LogP contribution in [-0.4, -0.2) is 17.0 Å². The second-order valence-electron chi connectivity index (χ2n) is 6.15. The highest BCUT2D eigenvalue weighted by atomic mass is 35.5. The first-order chi connectivity index (χ1) is 11.7. The molecule has 1 amide bonds. The van der Waals surface area contributed by atoms with Crippen molar-refractivity contribution in [1.29, 1.82) is 0 Å². The Kier molecular flexibility index (Phi) is 3.79. The van der Waals surface area contributed by atoms with Gasteiger partial charge < -0.3 is 15.6 Å². The minimum Gasteiger partial charge on any atom is -0.346 e. The zero-order chi connectivity index (χ0) is 16.7. The molecule has 2 atom stereocenters. The smallest absolute Gasteiger partial charge is 0.234 e. The van der Waals surface area contributed by atoms with Crippen molar-refractivity contribution in [1.82, 2.24) is 9.88 Å². The van der Waals surface area contributed by atoms with E-state index < -0.39 is 0 Å². The molecule has 1 aliphatic carbocycles. The van der Waals surface area contributed by atoms with E-state index in [1.807, 2.05) is 30.3 Å². The van der Waals surface area contributed by atoms with Gasteiger partial charge in [-0.3, -0.25) is 4.79 Å². The van der Waals surface area contributed by atoms with Gasteiger partial charge >= 0.3 is 0 Å². The molecule has 2 aromatic carbocycles. The predicted octanol–water partition coefficient (Wildman–Crippen LogP) is 3.21. The molecule has 122 valence electrons. The molecular formula is C19H18ClN3O. The Balaban J connectivity index is 1.79. The Hall–Kier alpha value is -2.30. The van der Waals surface area contributed by atoms with Crippen molar-refractivity contribution in [2.24, 2.45) is 5.73 Å². The van der Waals surface area contributed by atoms with Crippen molar-refractivity contribution < 1.29 is 4.79 Å². The van der Waals surface area contributed by atoms with Crippen LogP contribution in [0.4, 0.5) is 0 Å². The van der Waals surface area contributed by atoms with Crippen LogP contribution in [0.2, 0.25) is 5.02 Å². The van der Waals surface area contributed by atoms with Gasteiger partial charge in [0.2, 0.25) is 5.91 Å². The number of amides is 1. The highest BCUT2D eigenvalue weighted by Gasteiger charge is 2.34. The number of hydrogen-bond acceptors (Lipinski definition) is 2. The number of hydrogen-bond donors (Lipinski definition) is 2. The minimum atomic E-state index is -0.138. The largest absolute Gasteiger partial charge is 0.346 e. The van der Waals surface area contributed by atoms with Crippen LogP contribution in [0.3, 0.4) is 0 Å². The summed E-state index contributed by atoms with van der Waals surface area (Å²) in [4.78, 5) is 11.9. The highest BCUT2D eigenvalue weighted by Crippen LogP contribution is 2.41. The summed E-state index contributed by atoms with van der Waals surface area (Å²) in [6.45, 7) is -0.00653. The summed E-state index contributed by atoms with van der Waals surface area (Å²) in [6, 6.07) is 16.2. The van der Waals surface area contributed by atoms with Gasteiger partial charge in [-0.15, -0.1) is 0 Å². The van der Waals surface area contributed by atoms with Gasteiger partial charge in [0.1, 0.15) is 0 Å². The standard InChI is InChI=1S/C19H18ClN3O/c20-14-5-6-16-13(9-14)7-8-23(16)17-10-12-3-1-2-4-15(12)19(17)22-18(24)11-21/h1-9,17,19H,10-11,21H2,(H,22,24). The molecule has 0 bridgehead atoms. The van der Waals surface area contributed by atoms with Gasteiger partial charge in [-0.05, 0) is 41.8 Å². The Morgan fingerprint density at radius 2 is 2.08 bits per heavy atom. The number of rotatable bonds is 3. The maximum absolute atomic E-state index is 11.9. The lowest BCUT2D eigenvalue weighted by Crippen LogP contribution is -2.36. The maximum atomic E-state index is 11.9. The van der Waals surface area contributed by atoms with Gasteiger partial charge in [0.15, 0.2) is 0 Å². The van der Waals surface area contributed by atoms with Crippen LogP contribution >= 0.6 is 11.6 Å². The average molecular weight is 340 g/mol. The number of nitrogens with zero attached hydrogens (tertiary/aromatic N) is 1. The van der Waals surface area contributed by atoms with E-state index in [1.165, 1.54) is 11.1 Å². The number of nitrogens with one attached hydrogen (secondary N) is 1. The number of carbonyl (C=O) groups is 1. The fourth-order valence-electron chi connectivity index (χ4n) is 3.66. The number of halogens is 1. The molecule has 4 nitrogen and oxygen atoms in total. The van der Waals surface area contributed by atoms with Crippen LogP contribution in [0, 0.1) is 0 Å². The Morgan fingerprint density at radius 3 is 2.92 bits per heavy atom. The predicted molar refractivity (Wildman–Crippen MR) is 96.1 cm³/mol. The number of carbonyl (C=O) groups excluding carboxylic acids is 1. The van der Waals surface area contributed by atoms with E-state index in [4.69, 9.17) is 17.3 Å². The first-order valence-corrected chi connectivity index (χ1v) is 8.38. The number of nitrogens with two attached hydrogens (primary N) is 1. The van der Waals surface area contributed by atoms with Crippen LogP contribution in [0.25, 0.3) is 10.9 Å². The Labute approximate surface area is 145 Å². The normalized spacial score (nSPS) is 19.4. The molecule has 4 rings (SSSR count). The van der Waals surface area contributed by atoms with Gasteiger partial charge in [0.05, 0.1) is 18.6 Å². The third-order valence-electron chi connectivity index (χ3n) is 4.75. The molecule has 0 saturated heterocycles. The zero-order valence-corrected chi connectivity index (χ0v) is 13.8. The van der Waals surface area contributed by atoms with E-state index in [-0.39, 0.29) is 24.5 Å². The van der Waals surface area contributed by atoms with Crippen LogP contribution in [0.1, 0.15) is 23.2 Å². The van der Waals surface area contributed by atoms with Crippen molar-refractivity contribution in [2.75, 3.05) is 6.54 Å². The third kappa shape index (κ3) is 2.48. The second-order valence-corrected chi connectivity index (χ2v) is 6.58. The van der Waals surface area contributed by atoms with Crippen molar-refractivity contribution >= 4 is 28.4 Å². The summed E-state index contributed by atoms with van der Waals surface area (Å²) in [5, 5.41) is 4.91. The second kappa shape index (κ2) is 5.96. The van der Waals surface area contributed by atoms with E-state index in [0.29, 0.717) is 0 Å². The quantitative estimate of drug-likeness (QED) is 0.769. The van der Waals surface area contributed by atoms with Crippen molar-refractivity contribution in [2.45, 2.75) is 18.5 Å². The van der Waals surface area contributed by atoms with Crippen molar-refractivity contribution in [3.8, 4) is 0 Å². The summed E-state index contributed by atoms with van der Waals surface area (Å²) < 4.78 is 2.23. The lowest BCUT2D eigenvalue weighted by molar-refractivity contribution is -0.120. The molecule has 0 saturated carbocycles. The molecule has 1 aromatic heterocycles.